The second kappa shape index (κ2) is 4.86. The van der Waals surface area contributed by atoms with Crippen molar-refractivity contribution in [1.82, 2.24) is 0 Å². The molecule has 0 aliphatic heterocycles. The normalized spacial score (nSPS) is 30.8. The van der Waals surface area contributed by atoms with E-state index in [0.717, 1.165) is 5.92 Å². The molecule has 1 nitrogen and oxygen atoms in total. The van der Waals surface area contributed by atoms with E-state index < -0.39 is 0 Å². The lowest BCUT2D eigenvalue weighted by Crippen LogP contribution is -2.48. The molecule has 90 valence electrons. The van der Waals surface area contributed by atoms with Crippen molar-refractivity contribution in [3.8, 4) is 0 Å². The van der Waals surface area contributed by atoms with Crippen molar-refractivity contribution in [3.05, 3.63) is 0 Å². The summed E-state index contributed by atoms with van der Waals surface area (Å²) in [5.41, 5.74) is 7.20. The fraction of sp³-hybridized carbons (Fsp3) is 1.00. The molecule has 0 aromatic rings. The Kier molecular flexibility index (Phi) is 4.22. The smallest absolute Gasteiger partial charge is 0.0162 e. The zero-order chi connectivity index (χ0) is 11.5. The second-order valence-corrected chi connectivity index (χ2v) is 6.44. The highest BCUT2D eigenvalue weighted by Gasteiger charge is 2.37. The summed E-state index contributed by atoms with van der Waals surface area (Å²) < 4.78 is 0. The quantitative estimate of drug-likeness (QED) is 0.744. The molecule has 1 atom stereocenters. The van der Waals surface area contributed by atoms with Crippen LogP contribution in [-0.4, -0.2) is 5.54 Å². The predicted molar refractivity (Wildman–Crippen MR) is 67.9 cm³/mol. The Labute approximate surface area is 95.8 Å². The Hall–Kier alpha value is -0.0400. The Bertz CT molecular complexity index is 194. The third kappa shape index (κ3) is 3.79. The Balaban J connectivity index is 2.57. The molecule has 1 unspecified atom stereocenters. The van der Waals surface area contributed by atoms with Crippen LogP contribution in [0.25, 0.3) is 0 Å². The van der Waals surface area contributed by atoms with E-state index in [1.807, 2.05) is 0 Å². The highest BCUT2D eigenvalue weighted by atomic mass is 14.8. The van der Waals surface area contributed by atoms with Crippen molar-refractivity contribution in [2.24, 2.45) is 17.1 Å². The largest absolute Gasteiger partial charge is 0.325 e. The van der Waals surface area contributed by atoms with Gasteiger partial charge in [-0.3, -0.25) is 0 Å². The molecule has 1 rings (SSSR count). The van der Waals surface area contributed by atoms with Gasteiger partial charge in [0.2, 0.25) is 0 Å². The lowest BCUT2D eigenvalue weighted by molar-refractivity contribution is 0.126. The molecule has 1 aliphatic rings. The van der Waals surface area contributed by atoms with Crippen molar-refractivity contribution in [2.75, 3.05) is 0 Å². The SMILES string of the molecule is CCC(CC)CC1(N)CCCC(C)(C)C1. The van der Waals surface area contributed by atoms with Gasteiger partial charge in [-0.2, -0.15) is 0 Å². The van der Waals surface area contributed by atoms with E-state index in [1.54, 1.807) is 0 Å². The summed E-state index contributed by atoms with van der Waals surface area (Å²) in [4.78, 5) is 0. The van der Waals surface area contributed by atoms with E-state index in [2.05, 4.69) is 27.7 Å². The average Bonchev–Trinajstić information content (AvgIpc) is 2.12. The minimum absolute atomic E-state index is 0.137. The first kappa shape index (κ1) is 13.0. The minimum atomic E-state index is 0.137. The van der Waals surface area contributed by atoms with Gasteiger partial charge in [-0.15, -0.1) is 0 Å². The molecule has 0 aromatic heterocycles. The van der Waals surface area contributed by atoms with Crippen LogP contribution in [0.4, 0.5) is 0 Å². The van der Waals surface area contributed by atoms with Gasteiger partial charge in [0.15, 0.2) is 0 Å². The van der Waals surface area contributed by atoms with Crippen LogP contribution in [-0.2, 0) is 0 Å². The van der Waals surface area contributed by atoms with Gasteiger partial charge in [0.05, 0.1) is 0 Å². The minimum Gasteiger partial charge on any atom is -0.325 e. The van der Waals surface area contributed by atoms with Crippen molar-refractivity contribution < 1.29 is 0 Å². The van der Waals surface area contributed by atoms with E-state index >= 15 is 0 Å². The third-order valence-electron chi connectivity index (χ3n) is 4.21. The van der Waals surface area contributed by atoms with Crippen LogP contribution in [0.1, 0.15) is 72.6 Å². The van der Waals surface area contributed by atoms with E-state index in [1.165, 1.54) is 44.9 Å². The zero-order valence-electron chi connectivity index (χ0n) is 11.1. The second-order valence-electron chi connectivity index (χ2n) is 6.44. The Morgan fingerprint density at radius 3 is 2.20 bits per heavy atom. The molecule has 15 heavy (non-hydrogen) atoms. The first-order valence-electron chi connectivity index (χ1n) is 6.70. The maximum absolute atomic E-state index is 6.59. The van der Waals surface area contributed by atoms with E-state index in [-0.39, 0.29) is 5.54 Å². The van der Waals surface area contributed by atoms with E-state index in [0.29, 0.717) is 5.41 Å². The standard InChI is InChI=1S/C14H29N/c1-5-12(6-2)10-14(15)9-7-8-13(3,4)11-14/h12H,5-11,15H2,1-4H3. The molecule has 0 spiro atoms. The monoisotopic (exact) mass is 211 g/mol. The molecule has 1 aliphatic carbocycles. The first-order valence-corrected chi connectivity index (χ1v) is 6.70. The fourth-order valence-corrected chi connectivity index (χ4v) is 3.38. The van der Waals surface area contributed by atoms with Crippen LogP contribution in [0.15, 0.2) is 0 Å². The summed E-state index contributed by atoms with van der Waals surface area (Å²) in [7, 11) is 0. The lowest BCUT2D eigenvalue weighted by atomic mass is 9.65. The third-order valence-corrected chi connectivity index (χ3v) is 4.21. The Morgan fingerprint density at radius 2 is 1.73 bits per heavy atom. The van der Waals surface area contributed by atoms with Crippen LogP contribution in [0, 0.1) is 11.3 Å². The van der Waals surface area contributed by atoms with Gasteiger partial charge >= 0.3 is 0 Å². The van der Waals surface area contributed by atoms with Crippen molar-refractivity contribution >= 4 is 0 Å². The highest BCUT2D eigenvalue weighted by Crippen LogP contribution is 2.42. The van der Waals surface area contributed by atoms with Crippen LogP contribution in [0.2, 0.25) is 0 Å². The number of hydrogen-bond donors (Lipinski definition) is 1. The van der Waals surface area contributed by atoms with Gasteiger partial charge in [0.1, 0.15) is 0 Å². The summed E-state index contributed by atoms with van der Waals surface area (Å²) in [5.74, 6) is 0.837. The van der Waals surface area contributed by atoms with Gasteiger partial charge in [-0.05, 0) is 37.0 Å². The average molecular weight is 211 g/mol. The predicted octanol–water partition coefficient (Wildman–Crippen LogP) is 4.11. The van der Waals surface area contributed by atoms with Gasteiger partial charge in [0, 0.05) is 5.54 Å². The van der Waals surface area contributed by atoms with Crippen molar-refractivity contribution in [1.29, 1.82) is 0 Å². The van der Waals surface area contributed by atoms with Crippen LogP contribution >= 0.6 is 0 Å². The molecule has 0 bridgehead atoms. The molecule has 0 radical (unpaired) electrons. The van der Waals surface area contributed by atoms with Crippen LogP contribution in [0.3, 0.4) is 0 Å². The Morgan fingerprint density at radius 1 is 1.13 bits per heavy atom. The van der Waals surface area contributed by atoms with Crippen LogP contribution < -0.4 is 5.73 Å². The van der Waals surface area contributed by atoms with Gasteiger partial charge in [-0.1, -0.05) is 47.0 Å². The van der Waals surface area contributed by atoms with E-state index in [4.69, 9.17) is 5.73 Å². The molecule has 0 aromatic carbocycles. The summed E-state index contributed by atoms with van der Waals surface area (Å²) in [6.45, 7) is 9.35. The van der Waals surface area contributed by atoms with Crippen molar-refractivity contribution in [2.45, 2.75) is 78.2 Å². The molecule has 0 saturated heterocycles. The molecular weight excluding hydrogens is 182 g/mol. The topological polar surface area (TPSA) is 26.0 Å². The number of rotatable bonds is 4. The molecule has 1 saturated carbocycles. The first-order chi connectivity index (χ1) is 6.91. The molecule has 0 heterocycles. The van der Waals surface area contributed by atoms with Gasteiger partial charge < -0.3 is 5.73 Å². The molecular formula is C14H29N. The van der Waals surface area contributed by atoms with Gasteiger partial charge in [-0.25, -0.2) is 0 Å². The molecule has 0 amide bonds. The number of hydrogen-bond acceptors (Lipinski definition) is 1. The summed E-state index contributed by atoms with van der Waals surface area (Å²) in [5, 5.41) is 0. The summed E-state index contributed by atoms with van der Waals surface area (Å²) in [6, 6.07) is 0. The molecule has 2 N–H and O–H groups in total. The highest BCUT2D eigenvalue weighted by molar-refractivity contribution is 4.95. The molecule has 1 heteroatoms. The van der Waals surface area contributed by atoms with Crippen molar-refractivity contribution in [3.63, 3.8) is 0 Å². The van der Waals surface area contributed by atoms with Crippen LogP contribution in [0.5, 0.6) is 0 Å². The lowest BCUT2D eigenvalue weighted by Gasteiger charge is -2.44. The maximum Gasteiger partial charge on any atom is 0.0162 e. The number of nitrogens with two attached hydrogens (primary N) is 1. The maximum atomic E-state index is 6.59. The summed E-state index contributed by atoms with van der Waals surface area (Å²) in [6.07, 6.45) is 8.96. The fourth-order valence-electron chi connectivity index (χ4n) is 3.38. The summed E-state index contributed by atoms with van der Waals surface area (Å²) >= 11 is 0. The van der Waals surface area contributed by atoms with E-state index in [9.17, 15) is 0 Å². The van der Waals surface area contributed by atoms with Gasteiger partial charge in [0.25, 0.3) is 0 Å². The zero-order valence-corrected chi connectivity index (χ0v) is 11.1. The molecule has 1 fully saturated rings.